The number of alkyl carbamates (subject to hydrolysis) is 1. The van der Waals surface area contributed by atoms with Gasteiger partial charge >= 0.3 is 6.09 Å². The van der Waals surface area contributed by atoms with Crippen LogP contribution in [0, 0.1) is 0 Å². The number of hydrogen-bond donors (Lipinski definition) is 2. The van der Waals surface area contributed by atoms with E-state index in [1.165, 1.54) is 0 Å². The van der Waals surface area contributed by atoms with Crippen LogP contribution in [0.3, 0.4) is 0 Å². The SMILES string of the molecule is CC.CCC[C@H](NC(=O)OCc1ccccc1)C(=O)N[C@@H](C=O)CC1=CCCC=C1. The molecule has 2 rings (SSSR count). The Morgan fingerprint density at radius 3 is 2.47 bits per heavy atom. The molecule has 0 spiro atoms. The van der Waals surface area contributed by atoms with Crippen molar-refractivity contribution in [2.24, 2.45) is 0 Å². The molecule has 1 aliphatic carbocycles. The lowest BCUT2D eigenvalue weighted by molar-refractivity contribution is -0.125. The van der Waals surface area contributed by atoms with Gasteiger partial charge in [0.2, 0.25) is 5.91 Å². The Hall–Kier alpha value is -2.89. The van der Waals surface area contributed by atoms with Crippen molar-refractivity contribution in [1.29, 1.82) is 0 Å². The molecule has 2 atom stereocenters. The van der Waals surface area contributed by atoms with Gasteiger partial charge in [-0.25, -0.2) is 4.79 Å². The molecule has 164 valence electrons. The van der Waals surface area contributed by atoms with E-state index in [1.807, 2.05) is 57.2 Å². The number of amides is 2. The van der Waals surface area contributed by atoms with Crippen molar-refractivity contribution in [1.82, 2.24) is 10.6 Å². The van der Waals surface area contributed by atoms with Crippen LogP contribution in [-0.2, 0) is 20.9 Å². The topological polar surface area (TPSA) is 84.5 Å². The van der Waals surface area contributed by atoms with E-state index in [0.29, 0.717) is 19.3 Å². The molecular weight excluding hydrogens is 380 g/mol. The Bertz CT molecular complexity index is 713. The predicted molar refractivity (Wildman–Crippen MR) is 119 cm³/mol. The number of rotatable bonds is 10. The minimum Gasteiger partial charge on any atom is -0.445 e. The summed E-state index contributed by atoms with van der Waals surface area (Å²) >= 11 is 0. The first-order valence-corrected chi connectivity index (χ1v) is 10.7. The van der Waals surface area contributed by atoms with Crippen LogP contribution < -0.4 is 10.6 Å². The van der Waals surface area contributed by atoms with E-state index in [-0.39, 0.29) is 12.5 Å². The van der Waals surface area contributed by atoms with Crippen molar-refractivity contribution in [3.8, 4) is 0 Å². The minimum absolute atomic E-state index is 0.130. The Labute approximate surface area is 179 Å². The van der Waals surface area contributed by atoms with Crippen LogP contribution in [-0.4, -0.2) is 30.4 Å². The third kappa shape index (κ3) is 9.54. The molecule has 1 aliphatic rings. The quantitative estimate of drug-likeness (QED) is 0.554. The van der Waals surface area contributed by atoms with Gasteiger partial charge in [0.05, 0.1) is 6.04 Å². The summed E-state index contributed by atoms with van der Waals surface area (Å²) in [6.07, 6.45) is 9.74. The molecule has 2 amide bonds. The summed E-state index contributed by atoms with van der Waals surface area (Å²) in [7, 11) is 0. The number of aldehydes is 1. The monoisotopic (exact) mass is 414 g/mol. The van der Waals surface area contributed by atoms with E-state index < -0.39 is 18.2 Å². The highest BCUT2D eigenvalue weighted by molar-refractivity contribution is 5.87. The lowest BCUT2D eigenvalue weighted by Crippen LogP contribution is -2.50. The molecule has 2 N–H and O–H groups in total. The molecule has 0 radical (unpaired) electrons. The molecule has 6 heteroatoms. The molecule has 0 heterocycles. The fourth-order valence-electron chi connectivity index (χ4n) is 2.95. The Balaban J connectivity index is 0.00000218. The Morgan fingerprint density at radius 1 is 1.13 bits per heavy atom. The number of allylic oxidation sites excluding steroid dienone is 3. The van der Waals surface area contributed by atoms with E-state index in [0.717, 1.165) is 30.3 Å². The van der Waals surface area contributed by atoms with Crippen molar-refractivity contribution < 1.29 is 19.1 Å². The van der Waals surface area contributed by atoms with Gasteiger partial charge in [0.25, 0.3) is 0 Å². The molecule has 0 bridgehead atoms. The number of nitrogens with one attached hydrogen (secondary N) is 2. The first-order chi connectivity index (χ1) is 14.6. The zero-order chi connectivity index (χ0) is 22.2. The van der Waals surface area contributed by atoms with Gasteiger partial charge in [-0.15, -0.1) is 0 Å². The van der Waals surface area contributed by atoms with Crippen LogP contribution in [0.25, 0.3) is 0 Å². The smallest absolute Gasteiger partial charge is 0.408 e. The lowest BCUT2D eigenvalue weighted by Gasteiger charge is -2.21. The molecule has 1 aromatic rings. The minimum atomic E-state index is -0.744. The fourth-order valence-corrected chi connectivity index (χ4v) is 2.95. The molecule has 1 aromatic carbocycles. The van der Waals surface area contributed by atoms with E-state index in [9.17, 15) is 14.4 Å². The van der Waals surface area contributed by atoms with Crippen LogP contribution >= 0.6 is 0 Å². The summed E-state index contributed by atoms with van der Waals surface area (Å²) in [6, 6.07) is 7.95. The summed E-state index contributed by atoms with van der Waals surface area (Å²) in [4.78, 5) is 36.1. The zero-order valence-corrected chi connectivity index (χ0v) is 18.2. The van der Waals surface area contributed by atoms with Crippen LogP contribution in [0.15, 0.2) is 54.1 Å². The average Bonchev–Trinajstić information content (AvgIpc) is 2.79. The maximum absolute atomic E-state index is 12.6. The van der Waals surface area contributed by atoms with Gasteiger partial charge in [-0.05, 0) is 36.8 Å². The van der Waals surface area contributed by atoms with Crippen molar-refractivity contribution >= 4 is 18.3 Å². The van der Waals surface area contributed by atoms with Crippen molar-refractivity contribution in [2.75, 3.05) is 0 Å². The molecule has 0 unspecified atom stereocenters. The van der Waals surface area contributed by atoms with Gasteiger partial charge in [-0.3, -0.25) is 4.79 Å². The molecule has 0 saturated heterocycles. The molecular formula is C24H34N2O4. The van der Waals surface area contributed by atoms with Crippen molar-refractivity contribution in [3.05, 3.63) is 59.7 Å². The second-order valence-corrected chi connectivity index (χ2v) is 6.76. The maximum Gasteiger partial charge on any atom is 0.408 e. The predicted octanol–water partition coefficient (Wildman–Crippen LogP) is 4.46. The zero-order valence-electron chi connectivity index (χ0n) is 18.2. The van der Waals surface area contributed by atoms with Crippen LogP contribution in [0.2, 0.25) is 0 Å². The highest BCUT2D eigenvalue weighted by Crippen LogP contribution is 2.14. The third-order valence-corrected chi connectivity index (χ3v) is 4.42. The number of hydrogen-bond acceptors (Lipinski definition) is 4. The second kappa shape index (κ2) is 15.0. The van der Waals surface area contributed by atoms with E-state index >= 15 is 0 Å². The summed E-state index contributed by atoms with van der Waals surface area (Å²) in [6.45, 7) is 6.05. The standard InChI is InChI=1S/C22H28N2O4.C2H6/c1-2-9-20(24-22(27)28-16-18-12-7-4-8-13-18)21(26)23-19(15-25)14-17-10-5-3-6-11-17;1-2/h4-5,7-8,10-13,15,19-20H,2-3,6,9,14,16H2,1H3,(H,23,26)(H,24,27);1-2H3/t19-,20+;/m1./s1. The molecule has 0 fully saturated rings. The van der Waals surface area contributed by atoms with Gasteiger partial charge in [-0.2, -0.15) is 0 Å². The van der Waals surface area contributed by atoms with Crippen molar-refractivity contribution in [3.63, 3.8) is 0 Å². The summed E-state index contributed by atoms with van der Waals surface area (Å²) in [5.74, 6) is -0.379. The number of ether oxygens (including phenoxy) is 1. The average molecular weight is 415 g/mol. The summed E-state index contributed by atoms with van der Waals surface area (Å²) in [5, 5.41) is 5.33. The lowest BCUT2D eigenvalue weighted by atomic mass is 10.0. The van der Waals surface area contributed by atoms with Gasteiger partial charge in [0.1, 0.15) is 18.9 Å². The molecule has 0 saturated carbocycles. The highest BCUT2D eigenvalue weighted by Gasteiger charge is 2.23. The number of carbonyl (C=O) groups is 3. The van der Waals surface area contributed by atoms with E-state index in [2.05, 4.69) is 22.8 Å². The third-order valence-electron chi connectivity index (χ3n) is 4.42. The fraction of sp³-hybridized carbons (Fsp3) is 0.458. The van der Waals surface area contributed by atoms with Crippen LogP contribution in [0.4, 0.5) is 4.79 Å². The van der Waals surface area contributed by atoms with Gasteiger partial charge in [0, 0.05) is 0 Å². The van der Waals surface area contributed by atoms with Gasteiger partial charge in [-0.1, -0.05) is 75.8 Å². The first-order valence-electron chi connectivity index (χ1n) is 10.7. The van der Waals surface area contributed by atoms with Crippen molar-refractivity contribution in [2.45, 2.75) is 71.6 Å². The summed E-state index contributed by atoms with van der Waals surface area (Å²) in [5.41, 5.74) is 1.90. The normalized spacial score (nSPS) is 14.3. The number of carbonyl (C=O) groups excluding carboxylic acids is 3. The largest absolute Gasteiger partial charge is 0.445 e. The van der Waals surface area contributed by atoms with Gasteiger partial charge < -0.3 is 20.2 Å². The molecule has 30 heavy (non-hydrogen) atoms. The van der Waals surface area contributed by atoms with E-state index in [1.54, 1.807) is 0 Å². The Morgan fingerprint density at radius 2 is 1.87 bits per heavy atom. The maximum atomic E-state index is 12.6. The highest BCUT2D eigenvalue weighted by atomic mass is 16.5. The van der Waals surface area contributed by atoms with Crippen LogP contribution in [0.1, 0.15) is 58.4 Å². The summed E-state index contributed by atoms with van der Waals surface area (Å²) < 4.78 is 5.19. The Kier molecular flexibility index (Phi) is 12.6. The van der Waals surface area contributed by atoms with Crippen LogP contribution in [0.5, 0.6) is 0 Å². The molecule has 6 nitrogen and oxygen atoms in total. The first kappa shape index (κ1) is 25.1. The van der Waals surface area contributed by atoms with Gasteiger partial charge in [0.15, 0.2) is 0 Å². The van der Waals surface area contributed by atoms with E-state index in [4.69, 9.17) is 4.74 Å². The molecule has 0 aromatic heterocycles. The number of benzene rings is 1. The second-order valence-electron chi connectivity index (χ2n) is 6.76. The molecule has 0 aliphatic heterocycles.